The zero-order valence-electron chi connectivity index (χ0n) is 8.16. The van der Waals surface area contributed by atoms with Crippen molar-refractivity contribution < 1.29 is 4.42 Å². The Kier molecular flexibility index (Phi) is 2.95. The Hall–Kier alpha value is -0.320. The maximum atomic E-state index is 5.57. The summed E-state index contributed by atoms with van der Waals surface area (Å²) in [5.41, 5.74) is 2.84. The van der Waals surface area contributed by atoms with Crippen LogP contribution in [-0.2, 0) is 0 Å². The van der Waals surface area contributed by atoms with E-state index in [4.69, 9.17) is 10.3 Å². The van der Waals surface area contributed by atoms with Crippen LogP contribution in [-0.4, -0.2) is 0 Å². The first-order valence-electron chi connectivity index (χ1n) is 4.93. The summed E-state index contributed by atoms with van der Waals surface area (Å²) in [5.74, 6) is 7.81. The van der Waals surface area contributed by atoms with E-state index in [0.29, 0.717) is 5.92 Å². The topological polar surface area (TPSA) is 51.2 Å². The molecule has 0 amide bonds. The predicted molar refractivity (Wildman–Crippen MR) is 58.4 cm³/mol. The second kappa shape index (κ2) is 4.04. The lowest BCUT2D eigenvalue weighted by atomic mass is 9.95. The Morgan fingerprint density at radius 2 is 2.36 bits per heavy atom. The molecular weight excluding hydrogens is 244 g/mol. The molecule has 14 heavy (non-hydrogen) atoms. The molecule has 1 aromatic heterocycles. The van der Waals surface area contributed by atoms with Crippen molar-refractivity contribution >= 4 is 15.9 Å². The van der Waals surface area contributed by atoms with Crippen molar-refractivity contribution in [2.24, 2.45) is 17.7 Å². The smallest absolute Gasteiger partial charge is 0.136 e. The lowest BCUT2D eigenvalue weighted by molar-refractivity contribution is 0.302. The van der Waals surface area contributed by atoms with Gasteiger partial charge in [-0.05, 0) is 46.7 Å². The van der Waals surface area contributed by atoms with Gasteiger partial charge in [0.15, 0.2) is 0 Å². The van der Waals surface area contributed by atoms with Gasteiger partial charge in [-0.25, -0.2) is 5.43 Å². The van der Waals surface area contributed by atoms with Gasteiger partial charge in [-0.2, -0.15) is 0 Å². The van der Waals surface area contributed by atoms with Crippen molar-refractivity contribution in [2.45, 2.75) is 25.8 Å². The number of hydrazine groups is 1. The highest BCUT2D eigenvalue weighted by molar-refractivity contribution is 9.10. The molecule has 4 heteroatoms. The van der Waals surface area contributed by atoms with Crippen LogP contribution in [0.3, 0.4) is 0 Å². The Balaban J connectivity index is 2.16. The van der Waals surface area contributed by atoms with E-state index in [1.807, 2.05) is 6.07 Å². The molecule has 2 atom stereocenters. The molecule has 1 aromatic rings. The number of hydrogen-bond donors (Lipinski definition) is 2. The summed E-state index contributed by atoms with van der Waals surface area (Å²) in [6.07, 6.45) is 4.32. The van der Waals surface area contributed by atoms with E-state index in [2.05, 4.69) is 28.3 Å². The maximum absolute atomic E-state index is 5.57. The fourth-order valence-corrected chi connectivity index (χ4v) is 2.34. The van der Waals surface area contributed by atoms with Gasteiger partial charge in [0.1, 0.15) is 5.76 Å². The van der Waals surface area contributed by atoms with Crippen LogP contribution in [0.2, 0.25) is 0 Å². The van der Waals surface area contributed by atoms with Crippen LogP contribution >= 0.6 is 15.9 Å². The standard InChI is InChI=1S/C10H15BrN2O/c1-6(7-2-3-7)9(13-12)10-8(11)4-5-14-10/h4-7,9,13H,2-3,12H2,1H3. The molecule has 0 aliphatic heterocycles. The largest absolute Gasteiger partial charge is 0.466 e. The summed E-state index contributed by atoms with van der Waals surface area (Å²) in [5, 5.41) is 0. The Labute approximate surface area is 92.1 Å². The lowest BCUT2D eigenvalue weighted by Gasteiger charge is -2.21. The minimum atomic E-state index is 0.117. The summed E-state index contributed by atoms with van der Waals surface area (Å²) >= 11 is 3.46. The molecule has 1 aliphatic carbocycles. The van der Waals surface area contributed by atoms with E-state index in [0.717, 1.165) is 16.2 Å². The van der Waals surface area contributed by atoms with Crippen molar-refractivity contribution in [3.8, 4) is 0 Å². The molecule has 78 valence electrons. The summed E-state index contributed by atoms with van der Waals surface area (Å²) in [6, 6.07) is 2.02. The molecule has 3 nitrogen and oxygen atoms in total. The number of nitrogens with two attached hydrogens (primary N) is 1. The van der Waals surface area contributed by atoms with Crippen LogP contribution in [0.5, 0.6) is 0 Å². The van der Waals surface area contributed by atoms with Crippen LogP contribution in [0.4, 0.5) is 0 Å². The molecule has 1 fully saturated rings. The Morgan fingerprint density at radius 3 is 2.79 bits per heavy atom. The van der Waals surface area contributed by atoms with E-state index in [9.17, 15) is 0 Å². The minimum Gasteiger partial charge on any atom is -0.466 e. The fourth-order valence-electron chi connectivity index (χ4n) is 1.89. The van der Waals surface area contributed by atoms with Crippen molar-refractivity contribution in [1.29, 1.82) is 0 Å². The van der Waals surface area contributed by atoms with Gasteiger partial charge in [0, 0.05) is 0 Å². The number of rotatable bonds is 4. The van der Waals surface area contributed by atoms with Gasteiger partial charge in [0.2, 0.25) is 0 Å². The van der Waals surface area contributed by atoms with E-state index in [-0.39, 0.29) is 6.04 Å². The van der Waals surface area contributed by atoms with Crippen molar-refractivity contribution in [3.63, 3.8) is 0 Å². The van der Waals surface area contributed by atoms with Gasteiger partial charge < -0.3 is 4.42 Å². The molecule has 1 aliphatic rings. The van der Waals surface area contributed by atoms with E-state index in [1.54, 1.807) is 6.26 Å². The molecule has 0 bridgehead atoms. The molecule has 0 radical (unpaired) electrons. The molecule has 0 spiro atoms. The van der Waals surface area contributed by atoms with Crippen molar-refractivity contribution in [1.82, 2.24) is 5.43 Å². The zero-order valence-corrected chi connectivity index (χ0v) is 9.75. The van der Waals surface area contributed by atoms with Gasteiger partial charge >= 0.3 is 0 Å². The monoisotopic (exact) mass is 258 g/mol. The molecule has 1 saturated carbocycles. The fraction of sp³-hybridized carbons (Fsp3) is 0.600. The second-order valence-electron chi connectivity index (χ2n) is 3.97. The number of halogens is 1. The van der Waals surface area contributed by atoms with Crippen LogP contribution in [0, 0.1) is 11.8 Å². The van der Waals surface area contributed by atoms with E-state index in [1.165, 1.54) is 12.8 Å². The minimum absolute atomic E-state index is 0.117. The quantitative estimate of drug-likeness (QED) is 0.645. The maximum Gasteiger partial charge on any atom is 0.136 e. The normalized spacial score (nSPS) is 20.8. The lowest BCUT2D eigenvalue weighted by Crippen LogP contribution is -2.33. The molecule has 1 heterocycles. The summed E-state index contributed by atoms with van der Waals surface area (Å²) in [6.45, 7) is 2.22. The van der Waals surface area contributed by atoms with Crippen LogP contribution in [0.1, 0.15) is 31.6 Å². The Bertz CT molecular complexity index is 309. The first-order chi connectivity index (χ1) is 6.74. The van der Waals surface area contributed by atoms with E-state index < -0.39 is 0 Å². The SMILES string of the molecule is CC(C1CC1)C(NN)c1occc1Br. The van der Waals surface area contributed by atoms with Crippen LogP contribution in [0.25, 0.3) is 0 Å². The predicted octanol–water partition coefficient (Wildman–Crippen LogP) is 2.59. The van der Waals surface area contributed by atoms with Crippen LogP contribution in [0.15, 0.2) is 21.2 Å². The summed E-state index contributed by atoms with van der Waals surface area (Å²) in [4.78, 5) is 0. The van der Waals surface area contributed by atoms with Crippen molar-refractivity contribution in [2.75, 3.05) is 0 Å². The average Bonchev–Trinajstić information content (AvgIpc) is 2.94. The molecular formula is C10H15BrN2O. The summed E-state index contributed by atoms with van der Waals surface area (Å²) in [7, 11) is 0. The molecule has 0 aromatic carbocycles. The second-order valence-corrected chi connectivity index (χ2v) is 4.83. The molecule has 3 N–H and O–H groups in total. The molecule has 0 saturated heterocycles. The summed E-state index contributed by atoms with van der Waals surface area (Å²) < 4.78 is 6.42. The zero-order chi connectivity index (χ0) is 10.1. The molecule has 2 unspecified atom stereocenters. The number of nitrogens with one attached hydrogen (secondary N) is 1. The Morgan fingerprint density at radius 1 is 1.64 bits per heavy atom. The van der Waals surface area contributed by atoms with Crippen molar-refractivity contribution in [3.05, 3.63) is 22.6 Å². The van der Waals surface area contributed by atoms with E-state index >= 15 is 0 Å². The van der Waals surface area contributed by atoms with Gasteiger partial charge in [0.05, 0.1) is 16.8 Å². The van der Waals surface area contributed by atoms with Gasteiger partial charge in [-0.15, -0.1) is 0 Å². The molecule has 2 rings (SSSR count). The number of furan rings is 1. The van der Waals surface area contributed by atoms with Gasteiger partial charge in [-0.3, -0.25) is 5.84 Å². The van der Waals surface area contributed by atoms with Gasteiger partial charge in [0.25, 0.3) is 0 Å². The third kappa shape index (κ3) is 1.87. The first-order valence-corrected chi connectivity index (χ1v) is 5.72. The van der Waals surface area contributed by atoms with Crippen LogP contribution < -0.4 is 11.3 Å². The third-order valence-corrected chi connectivity index (χ3v) is 3.65. The third-order valence-electron chi connectivity index (χ3n) is 3.00. The highest BCUT2D eigenvalue weighted by atomic mass is 79.9. The van der Waals surface area contributed by atoms with Gasteiger partial charge in [-0.1, -0.05) is 6.92 Å². The average molecular weight is 259 g/mol. The first kappa shape index (κ1) is 10.2. The highest BCUT2D eigenvalue weighted by Crippen LogP contribution is 2.43. The highest BCUT2D eigenvalue weighted by Gasteiger charge is 2.35. The number of hydrogen-bond acceptors (Lipinski definition) is 3.